The van der Waals surface area contributed by atoms with E-state index in [1.807, 2.05) is 38.1 Å². The molecule has 2 aliphatic heterocycles. The van der Waals surface area contributed by atoms with E-state index in [-0.39, 0.29) is 24.5 Å². The Bertz CT molecular complexity index is 1150. The van der Waals surface area contributed by atoms with Crippen molar-refractivity contribution in [2.75, 3.05) is 53.0 Å². The van der Waals surface area contributed by atoms with Gasteiger partial charge in [0.05, 0.1) is 32.1 Å². The summed E-state index contributed by atoms with van der Waals surface area (Å²) in [5.41, 5.74) is 1.83. The van der Waals surface area contributed by atoms with Crippen molar-refractivity contribution in [3.63, 3.8) is 0 Å². The van der Waals surface area contributed by atoms with Crippen LogP contribution in [-0.4, -0.2) is 91.5 Å². The predicted octanol–water partition coefficient (Wildman–Crippen LogP) is 3.26. The highest BCUT2D eigenvalue weighted by molar-refractivity contribution is 6.03. The van der Waals surface area contributed by atoms with E-state index in [2.05, 4.69) is 15.3 Å². The third-order valence-corrected chi connectivity index (χ3v) is 6.65. The standard InChI is InChI=1S/C28H36FN5O4/c1-20(2)30-28(36)33(12-11-32-13-15-38-16-14-32)19-27(35)34-26(23-9-4-5-10-24(23)29)18-25(31-34)21-7-6-8-22(17-21)37-3/h4-10,17,20,26H,11-16,18-19H2,1-3H3,(H,30,36)/t26-/m0/s1. The van der Waals surface area contributed by atoms with Gasteiger partial charge in [-0.25, -0.2) is 14.2 Å². The highest BCUT2D eigenvalue weighted by Crippen LogP contribution is 2.34. The zero-order chi connectivity index (χ0) is 27.1. The van der Waals surface area contributed by atoms with Crippen LogP contribution in [0.2, 0.25) is 0 Å². The summed E-state index contributed by atoms with van der Waals surface area (Å²) in [7, 11) is 1.58. The molecule has 0 bridgehead atoms. The fraction of sp³-hybridized carbons (Fsp3) is 0.464. The number of nitrogens with zero attached hydrogens (tertiary/aromatic N) is 4. The molecular weight excluding hydrogens is 489 g/mol. The van der Waals surface area contributed by atoms with Crippen LogP contribution in [-0.2, 0) is 9.53 Å². The van der Waals surface area contributed by atoms with E-state index < -0.39 is 11.9 Å². The summed E-state index contributed by atoms with van der Waals surface area (Å²) in [6, 6.07) is 12.8. The Morgan fingerprint density at radius 1 is 1.18 bits per heavy atom. The van der Waals surface area contributed by atoms with Crippen molar-refractivity contribution in [2.24, 2.45) is 5.10 Å². The van der Waals surface area contributed by atoms with Gasteiger partial charge in [0.25, 0.3) is 5.91 Å². The molecule has 10 heteroatoms. The van der Waals surface area contributed by atoms with Crippen LogP contribution < -0.4 is 10.1 Å². The Kier molecular flexibility index (Phi) is 9.30. The van der Waals surface area contributed by atoms with Gasteiger partial charge in [-0.1, -0.05) is 30.3 Å². The molecule has 0 aliphatic carbocycles. The van der Waals surface area contributed by atoms with Gasteiger partial charge in [0.1, 0.15) is 18.1 Å². The average molecular weight is 526 g/mol. The smallest absolute Gasteiger partial charge is 0.318 e. The minimum atomic E-state index is -0.626. The van der Waals surface area contributed by atoms with Crippen molar-refractivity contribution < 1.29 is 23.5 Å². The summed E-state index contributed by atoms with van der Waals surface area (Å²) in [4.78, 5) is 30.5. The number of methoxy groups -OCH3 is 1. The van der Waals surface area contributed by atoms with E-state index in [0.29, 0.717) is 49.7 Å². The minimum Gasteiger partial charge on any atom is -0.497 e. The first-order valence-corrected chi connectivity index (χ1v) is 13.0. The number of amides is 3. The van der Waals surface area contributed by atoms with Crippen LogP contribution >= 0.6 is 0 Å². The number of hydrogen-bond acceptors (Lipinski definition) is 6. The lowest BCUT2D eigenvalue weighted by Crippen LogP contribution is -2.50. The topological polar surface area (TPSA) is 86.7 Å². The molecule has 2 aromatic rings. The fourth-order valence-corrected chi connectivity index (χ4v) is 4.62. The highest BCUT2D eigenvalue weighted by Gasteiger charge is 2.36. The van der Waals surface area contributed by atoms with Gasteiger partial charge in [0.2, 0.25) is 0 Å². The van der Waals surface area contributed by atoms with Crippen LogP contribution in [0.25, 0.3) is 0 Å². The monoisotopic (exact) mass is 525 g/mol. The van der Waals surface area contributed by atoms with Gasteiger partial charge in [-0.2, -0.15) is 5.10 Å². The molecule has 9 nitrogen and oxygen atoms in total. The van der Waals surface area contributed by atoms with Crippen LogP contribution in [0.4, 0.5) is 9.18 Å². The maximum Gasteiger partial charge on any atom is 0.318 e. The molecule has 1 atom stereocenters. The molecule has 3 amide bonds. The first kappa shape index (κ1) is 27.5. The van der Waals surface area contributed by atoms with Crippen molar-refractivity contribution in [1.82, 2.24) is 20.1 Å². The second kappa shape index (κ2) is 12.8. The molecule has 204 valence electrons. The molecule has 1 saturated heterocycles. The molecule has 2 aliphatic rings. The summed E-state index contributed by atoms with van der Waals surface area (Å²) in [5, 5.41) is 8.87. The fourth-order valence-electron chi connectivity index (χ4n) is 4.62. The second-order valence-electron chi connectivity index (χ2n) is 9.74. The highest BCUT2D eigenvalue weighted by atomic mass is 19.1. The summed E-state index contributed by atoms with van der Waals surface area (Å²) in [6.07, 6.45) is 0.339. The Morgan fingerprint density at radius 3 is 2.66 bits per heavy atom. The van der Waals surface area contributed by atoms with E-state index in [9.17, 15) is 14.0 Å². The van der Waals surface area contributed by atoms with E-state index in [1.54, 1.807) is 25.3 Å². The summed E-state index contributed by atoms with van der Waals surface area (Å²) in [6.45, 7) is 7.42. The third-order valence-electron chi connectivity index (χ3n) is 6.65. The molecule has 1 fully saturated rings. The van der Waals surface area contributed by atoms with E-state index >= 15 is 0 Å². The number of rotatable bonds is 9. The molecule has 0 aromatic heterocycles. The molecule has 0 spiro atoms. The molecule has 0 saturated carbocycles. The van der Waals surface area contributed by atoms with Gasteiger partial charge in [-0.05, 0) is 32.0 Å². The number of nitrogens with one attached hydrogen (secondary N) is 1. The Labute approximate surface area is 223 Å². The van der Waals surface area contributed by atoms with Crippen LogP contribution in [0.15, 0.2) is 53.6 Å². The Hall–Kier alpha value is -3.50. The van der Waals surface area contributed by atoms with Crippen molar-refractivity contribution in [1.29, 1.82) is 0 Å². The predicted molar refractivity (Wildman–Crippen MR) is 143 cm³/mol. The Balaban J connectivity index is 1.58. The second-order valence-corrected chi connectivity index (χ2v) is 9.74. The molecular formula is C28H36FN5O4. The molecule has 0 unspecified atom stereocenters. The average Bonchev–Trinajstić information content (AvgIpc) is 3.37. The maximum absolute atomic E-state index is 14.9. The van der Waals surface area contributed by atoms with E-state index in [1.165, 1.54) is 16.0 Å². The lowest BCUT2D eigenvalue weighted by atomic mass is 9.98. The van der Waals surface area contributed by atoms with E-state index in [4.69, 9.17) is 9.47 Å². The molecule has 1 N–H and O–H groups in total. The summed E-state index contributed by atoms with van der Waals surface area (Å²) in [5.74, 6) is -0.117. The van der Waals surface area contributed by atoms with Gasteiger partial charge in [0, 0.05) is 49.8 Å². The van der Waals surface area contributed by atoms with Crippen LogP contribution in [0.5, 0.6) is 5.75 Å². The Morgan fingerprint density at radius 2 is 1.95 bits per heavy atom. The number of carbonyl (C=O) groups is 2. The molecule has 0 radical (unpaired) electrons. The molecule has 2 heterocycles. The van der Waals surface area contributed by atoms with Gasteiger partial charge >= 0.3 is 6.03 Å². The minimum absolute atomic E-state index is 0.0841. The molecule has 2 aromatic carbocycles. The zero-order valence-electron chi connectivity index (χ0n) is 22.2. The lowest BCUT2D eigenvalue weighted by Gasteiger charge is -2.31. The molecule has 4 rings (SSSR count). The van der Waals surface area contributed by atoms with Crippen LogP contribution in [0.3, 0.4) is 0 Å². The number of morpholine rings is 1. The van der Waals surface area contributed by atoms with Crippen LogP contribution in [0, 0.1) is 5.82 Å². The number of urea groups is 1. The number of hydrogen-bond donors (Lipinski definition) is 1. The van der Waals surface area contributed by atoms with Gasteiger partial charge in [-0.3, -0.25) is 9.69 Å². The largest absolute Gasteiger partial charge is 0.497 e. The normalized spacial score (nSPS) is 17.9. The lowest BCUT2D eigenvalue weighted by molar-refractivity contribution is -0.133. The number of carbonyl (C=O) groups excluding carboxylic acids is 2. The summed E-state index contributed by atoms with van der Waals surface area (Å²) < 4.78 is 25.7. The quantitative estimate of drug-likeness (QED) is 0.543. The van der Waals surface area contributed by atoms with Gasteiger partial charge in [0.15, 0.2) is 0 Å². The first-order valence-electron chi connectivity index (χ1n) is 13.0. The van der Waals surface area contributed by atoms with Crippen molar-refractivity contribution in [2.45, 2.75) is 32.4 Å². The SMILES string of the molecule is COc1cccc(C2=NN(C(=O)CN(CCN3CCOCC3)C(=O)NC(C)C)[C@H](c3ccccc3F)C2)c1. The van der Waals surface area contributed by atoms with Gasteiger partial charge < -0.3 is 19.7 Å². The molecule has 38 heavy (non-hydrogen) atoms. The number of ether oxygens (including phenoxy) is 2. The van der Waals surface area contributed by atoms with Crippen molar-refractivity contribution >= 4 is 17.6 Å². The number of benzene rings is 2. The maximum atomic E-state index is 14.9. The van der Waals surface area contributed by atoms with Crippen LogP contribution in [0.1, 0.15) is 37.4 Å². The third kappa shape index (κ3) is 6.87. The van der Waals surface area contributed by atoms with Gasteiger partial charge in [-0.15, -0.1) is 0 Å². The van der Waals surface area contributed by atoms with Crippen molar-refractivity contribution in [3.8, 4) is 5.75 Å². The number of hydrazone groups is 1. The van der Waals surface area contributed by atoms with Crippen molar-refractivity contribution in [3.05, 3.63) is 65.5 Å². The summed E-state index contributed by atoms with van der Waals surface area (Å²) >= 11 is 0. The first-order chi connectivity index (χ1) is 18.4. The zero-order valence-corrected chi connectivity index (χ0v) is 22.2. The number of halogens is 1. The van der Waals surface area contributed by atoms with E-state index in [0.717, 1.165) is 18.7 Å².